The third-order valence-corrected chi connectivity index (χ3v) is 5.15. The Morgan fingerprint density at radius 2 is 1.79 bits per heavy atom. The molecule has 8 nitrogen and oxygen atoms in total. The fraction of sp³-hybridized carbons (Fsp3) is 0.0800. The molecular weight excluding hydrogens is 418 g/mol. The molecule has 0 aliphatic heterocycles. The van der Waals surface area contributed by atoms with E-state index in [4.69, 9.17) is 4.74 Å². The fourth-order valence-corrected chi connectivity index (χ4v) is 3.52. The highest BCUT2D eigenvalue weighted by atomic mass is 16.5. The SMILES string of the molecule is O=C(O)c1ccccc1Cn1nnc(-c2cccc(OCc3ccc4ccccc4n3)c2)n1. The molecule has 0 aliphatic carbocycles. The zero-order valence-corrected chi connectivity index (χ0v) is 17.5. The van der Waals surface area contributed by atoms with Crippen LogP contribution in [0.25, 0.3) is 22.3 Å². The summed E-state index contributed by atoms with van der Waals surface area (Å²) in [7, 11) is 0. The second-order valence-electron chi connectivity index (χ2n) is 7.42. The molecule has 2 heterocycles. The number of carbonyl (C=O) groups is 1. The molecule has 0 atom stereocenters. The topological polar surface area (TPSA) is 103 Å². The quantitative estimate of drug-likeness (QED) is 0.407. The van der Waals surface area contributed by atoms with Crippen LogP contribution in [0.4, 0.5) is 0 Å². The van der Waals surface area contributed by atoms with Crippen molar-refractivity contribution in [1.82, 2.24) is 25.2 Å². The van der Waals surface area contributed by atoms with Gasteiger partial charge in [-0.3, -0.25) is 0 Å². The first-order valence-corrected chi connectivity index (χ1v) is 10.3. The Labute approximate surface area is 189 Å². The van der Waals surface area contributed by atoms with Crippen molar-refractivity contribution in [2.75, 3.05) is 0 Å². The van der Waals surface area contributed by atoms with E-state index in [1.807, 2.05) is 60.7 Å². The van der Waals surface area contributed by atoms with E-state index >= 15 is 0 Å². The Hall–Kier alpha value is -4.59. The van der Waals surface area contributed by atoms with E-state index in [1.54, 1.807) is 24.3 Å². The predicted octanol–water partition coefficient (Wildman–Crippen LogP) is 4.21. The average Bonchev–Trinajstić information content (AvgIpc) is 3.31. The smallest absolute Gasteiger partial charge is 0.336 e. The molecule has 0 spiro atoms. The molecule has 1 N–H and O–H groups in total. The second kappa shape index (κ2) is 8.88. The van der Waals surface area contributed by atoms with Gasteiger partial charge < -0.3 is 9.84 Å². The fourth-order valence-electron chi connectivity index (χ4n) is 3.52. The summed E-state index contributed by atoms with van der Waals surface area (Å²) in [6.07, 6.45) is 0. The summed E-state index contributed by atoms with van der Waals surface area (Å²) in [5.74, 6) is 0.101. The number of nitrogens with zero attached hydrogens (tertiary/aromatic N) is 5. The van der Waals surface area contributed by atoms with Gasteiger partial charge in [0.05, 0.1) is 23.3 Å². The van der Waals surface area contributed by atoms with Gasteiger partial charge in [-0.1, -0.05) is 54.6 Å². The van der Waals surface area contributed by atoms with Gasteiger partial charge in [-0.2, -0.15) is 4.80 Å². The molecule has 0 unspecified atom stereocenters. The van der Waals surface area contributed by atoms with Crippen LogP contribution in [0.1, 0.15) is 21.6 Å². The van der Waals surface area contributed by atoms with Gasteiger partial charge >= 0.3 is 5.97 Å². The minimum Gasteiger partial charge on any atom is -0.487 e. The van der Waals surface area contributed by atoms with E-state index in [9.17, 15) is 9.90 Å². The molecule has 5 rings (SSSR count). The summed E-state index contributed by atoms with van der Waals surface area (Å²) in [5, 5.41) is 23.0. The lowest BCUT2D eigenvalue weighted by atomic mass is 10.1. The number of benzene rings is 3. The van der Waals surface area contributed by atoms with Crippen LogP contribution in [0.3, 0.4) is 0 Å². The van der Waals surface area contributed by atoms with Gasteiger partial charge in [0.15, 0.2) is 0 Å². The molecule has 162 valence electrons. The van der Waals surface area contributed by atoms with Crippen molar-refractivity contribution in [3.05, 3.63) is 102 Å². The zero-order valence-electron chi connectivity index (χ0n) is 17.5. The summed E-state index contributed by atoms with van der Waals surface area (Å²) in [6.45, 7) is 0.541. The van der Waals surface area contributed by atoms with Crippen LogP contribution >= 0.6 is 0 Å². The van der Waals surface area contributed by atoms with Crippen LogP contribution in [-0.2, 0) is 13.2 Å². The minimum absolute atomic E-state index is 0.208. The number of pyridine rings is 1. The van der Waals surface area contributed by atoms with Crippen molar-refractivity contribution < 1.29 is 14.6 Å². The lowest BCUT2D eigenvalue weighted by molar-refractivity contribution is 0.0695. The van der Waals surface area contributed by atoms with Gasteiger partial charge in [-0.15, -0.1) is 10.2 Å². The maximum Gasteiger partial charge on any atom is 0.336 e. The molecule has 33 heavy (non-hydrogen) atoms. The second-order valence-corrected chi connectivity index (χ2v) is 7.42. The Morgan fingerprint density at radius 3 is 2.70 bits per heavy atom. The molecule has 0 fully saturated rings. The standard InChI is InChI=1S/C25H19N5O3/c31-25(32)22-10-3-1-7-19(22)15-30-28-24(27-29-30)18-8-5-9-21(14-18)33-16-20-13-12-17-6-2-4-11-23(17)26-20/h1-14H,15-16H2,(H,31,32). The number of carboxylic acids is 1. The molecule has 2 aromatic heterocycles. The third-order valence-electron chi connectivity index (χ3n) is 5.15. The number of tetrazole rings is 1. The maximum atomic E-state index is 11.4. The van der Waals surface area contributed by atoms with Crippen molar-refractivity contribution in [2.45, 2.75) is 13.2 Å². The molecule has 5 aromatic rings. The number of hydrogen-bond donors (Lipinski definition) is 1. The number of ether oxygens (including phenoxy) is 1. The molecule has 3 aromatic carbocycles. The zero-order chi connectivity index (χ0) is 22.6. The lowest BCUT2D eigenvalue weighted by Gasteiger charge is -2.07. The first-order valence-electron chi connectivity index (χ1n) is 10.3. The molecule has 0 radical (unpaired) electrons. The number of para-hydroxylation sites is 1. The summed E-state index contributed by atoms with van der Waals surface area (Å²) in [6, 6.07) is 26.1. The average molecular weight is 437 g/mol. The Kier molecular flexibility index (Phi) is 5.47. The molecular formula is C25H19N5O3. The maximum absolute atomic E-state index is 11.4. The largest absolute Gasteiger partial charge is 0.487 e. The number of carboxylic acid groups (broad SMARTS) is 1. The highest BCUT2D eigenvalue weighted by Crippen LogP contribution is 2.22. The van der Waals surface area contributed by atoms with E-state index in [-0.39, 0.29) is 12.1 Å². The third kappa shape index (κ3) is 4.54. The van der Waals surface area contributed by atoms with E-state index in [0.29, 0.717) is 23.7 Å². The number of rotatable bonds is 7. The number of fused-ring (bicyclic) bond motifs is 1. The van der Waals surface area contributed by atoms with Crippen molar-refractivity contribution >= 4 is 16.9 Å². The van der Waals surface area contributed by atoms with Crippen molar-refractivity contribution in [2.24, 2.45) is 0 Å². The molecule has 8 heteroatoms. The van der Waals surface area contributed by atoms with Crippen LogP contribution in [0.2, 0.25) is 0 Å². The van der Waals surface area contributed by atoms with Crippen molar-refractivity contribution in [1.29, 1.82) is 0 Å². The predicted molar refractivity (Wildman–Crippen MR) is 122 cm³/mol. The number of aromatic nitrogens is 5. The van der Waals surface area contributed by atoms with Gasteiger partial charge in [0.1, 0.15) is 12.4 Å². The molecule has 0 bridgehead atoms. The van der Waals surface area contributed by atoms with Gasteiger partial charge in [-0.05, 0) is 41.1 Å². The molecule has 0 saturated heterocycles. The monoisotopic (exact) mass is 437 g/mol. The number of aromatic carboxylic acids is 1. The number of hydrogen-bond acceptors (Lipinski definition) is 6. The first-order chi connectivity index (χ1) is 16.2. The van der Waals surface area contributed by atoms with Gasteiger partial charge in [0, 0.05) is 10.9 Å². The van der Waals surface area contributed by atoms with E-state index in [0.717, 1.165) is 22.2 Å². The van der Waals surface area contributed by atoms with E-state index in [1.165, 1.54) is 4.80 Å². The van der Waals surface area contributed by atoms with Gasteiger partial charge in [0.25, 0.3) is 0 Å². The lowest BCUT2D eigenvalue weighted by Crippen LogP contribution is -2.09. The highest BCUT2D eigenvalue weighted by Gasteiger charge is 2.12. The minimum atomic E-state index is -0.989. The molecule has 0 saturated carbocycles. The van der Waals surface area contributed by atoms with Crippen molar-refractivity contribution in [3.63, 3.8) is 0 Å². The Balaban J connectivity index is 1.30. The normalized spacial score (nSPS) is 10.9. The van der Waals surface area contributed by atoms with E-state index in [2.05, 4.69) is 20.4 Å². The van der Waals surface area contributed by atoms with Gasteiger partial charge in [0.2, 0.25) is 5.82 Å². The van der Waals surface area contributed by atoms with Crippen LogP contribution in [-0.4, -0.2) is 36.3 Å². The summed E-state index contributed by atoms with van der Waals surface area (Å²) >= 11 is 0. The first kappa shape index (κ1) is 20.3. The Bertz CT molecular complexity index is 1450. The molecule has 0 amide bonds. The summed E-state index contributed by atoms with van der Waals surface area (Å²) in [4.78, 5) is 17.4. The van der Waals surface area contributed by atoms with Crippen LogP contribution < -0.4 is 4.74 Å². The summed E-state index contributed by atoms with van der Waals surface area (Å²) < 4.78 is 5.94. The van der Waals surface area contributed by atoms with E-state index < -0.39 is 5.97 Å². The van der Waals surface area contributed by atoms with Crippen LogP contribution in [0.15, 0.2) is 84.9 Å². The van der Waals surface area contributed by atoms with Crippen molar-refractivity contribution in [3.8, 4) is 17.1 Å². The Morgan fingerprint density at radius 1 is 0.939 bits per heavy atom. The van der Waals surface area contributed by atoms with Gasteiger partial charge in [-0.25, -0.2) is 9.78 Å². The highest BCUT2D eigenvalue weighted by molar-refractivity contribution is 5.89. The van der Waals surface area contributed by atoms with Crippen LogP contribution in [0, 0.1) is 0 Å². The summed E-state index contributed by atoms with van der Waals surface area (Å²) in [5.41, 5.74) is 3.33. The van der Waals surface area contributed by atoms with Crippen LogP contribution in [0.5, 0.6) is 5.75 Å². The molecule has 0 aliphatic rings.